The third-order valence-electron chi connectivity index (χ3n) is 15.1. The van der Waals surface area contributed by atoms with Gasteiger partial charge in [-0.15, -0.1) is 0 Å². The zero-order valence-corrected chi connectivity index (χ0v) is 41.2. The van der Waals surface area contributed by atoms with E-state index in [1.807, 2.05) is 65.6 Å². The van der Waals surface area contributed by atoms with Gasteiger partial charge in [-0.25, -0.2) is 0 Å². The molecule has 5 aromatic carbocycles. The molecule has 4 fully saturated rings. The van der Waals surface area contributed by atoms with Crippen LogP contribution < -0.4 is 20.7 Å². The number of anilines is 1. The second kappa shape index (κ2) is 21.3. The summed E-state index contributed by atoms with van der Waals surface area (Å²) in [6, 6.07) is 33.7. The molecule has 75 heavy (non-hydrogen) atoms. The number of amides is 4. The Morgan fingerprint density at radius 1 is 0.773 bits per heavy atom. The predicted octanol–water partition coefficient (Wildman–Crippen LogP) is 6.08. The first-order valence-corrected chi connectivity index (χ1v) is 25.2. The fourth-order valence-corrected chi connectivity index (χ4v) is 12.0. The number of carbonyl (C=O) groups excluding carboxylic acids is 7. The Kier molecular flexibility index (Phi) is 14.2. The van der Waals surface area contributed by atoms with E-state index >= 15 is 4.79 Å². The van der Waals surface area contributed by atoms with Crippen molar-refractivity contribution in [3.05, 3.63) is 174 Å². The second-order valence-corrected chi connectivity index (χ2v) is 19.4. The molecule has 0 bridgehead atoms. The number of benzene rings is 5. The van der Waals surface area contributed by atoms with Gasteiger partial charge in [0.25, 0.3) is 0 Å². The molecule has 0 saturated carbocycles. The maximum absolute atomic E-state index is 15.1. The summed E-state index contributed by atoms with van der Waals surface area (Å²) in [6.07, 6.45) is 2.12. The predicted molar refractivity (Wildman–Crippen MR) is 271 cm³/mol. The van der Waals surface area contributed by atoms with Crippen LogP contribution in [0.4, 0.5) is 5.69 Å². The maximum Gasteiger partial charge on any atom is 0.325 e. The number of nitrogens with zero attached hydrogens (tertiary/aromatic N) is 2. The highest BCUT2D eigenvalue weighted by atomic mass is 16.6. The van der Waals surface area contributed by atoms with Crippen LogP contribution in [0.5, 0.6) is 11.5 Å². The molecule has 5 aromatic rings. The summed E-state index contributed by atoms with van der Waals surface area (Å²) < 4.78 is 24.2. The van der Waals surface area contributed by atoms with Gasteiger partial charge in [0.05, 0.1) is 24.0 Å². The quantitative estimate of drug-likeness (QED) is 0.0360. The van der Waals surface area contributed by atoms with Gasteiger partial charge in [0, 0.05) is 19.2 Å². The number of piperazine rings is 1. The topological polar surface area (TPSA) is 219 Å². The van der Waals surface area contributed by atoms with E-state index in [0.717, 1.165) is 11.1 Å². The Hall–Kier alpha value is -8.31. The lowest BCUT2D eigenvalue weighted by atomic mass is 9.65. The minimum absolute atomic E-state index is 0.00362. The Labute approximate surface area is 433 Å². The number of rotatable bonds is 17. The number of carbonyl (C=O) groups is 7. The molecular formula is C58H57N5O12. The van der Waals surface area contributed by atoms with Gasteiger partial charge >= 0.3 is 17.9 Å². The van der Waals surface area contributed by atoms with E-state index in [1.54, 1.807) is 60.7 Å². The SMILES string of the molecule is C=CCOC(=O)[C@H]1[C@@H]2C(=O)O[C@@H](c3ccccc3)[C@@H](c3ccccc3)N2[C@@H](c2ccc(OCCOC(=O)[C@@H]3C[C@@H]4C(=O)N[C@@H](CCCCNC(C)=O)C(=O)N4[C@@H]3c3ccc(O)cc3)cc2)[C@]12C(=O)Nc1ccccc12. The van der Waals surface area contributed by atoms with Crippen LogP contribution in [0.1, 0.15) is 84.7 Å². The van der Waals surface area contributed by atoms with Gasteiger partial charge in [-0.1, -0.05) is 116 Å². The number of fused-ring (bicyclic) bond motifs is 4. The highest BCUT2D eigenvalue weighted by Gasteiger charge is 2.74. The summed E-state index contributed by atoms with van der Waals surface area (Å²) >= 11 is 0. The molecule has 0 aliphatic carbocycles. The average molecular weight is 1020 g/mol. The van der Waals surface area contributed by atoms with Gasteiger partial charge in [-0.3, -0.25) is 38.5 Å². The van der Waals surface area contributed by atoms with Crippen LogP contribution in [0.15, 0.2) is 146 Å². The number of aromatic hydroxyl groups is 1. The molecule has 0 radical (unpaired) electrons. The zero-order chi connectivity index (χ0) is 52.4. The number of cyclic esters (lactones) is 1. The molecule has 0 unspecified atom stereocenters. The maximum atomic E-state index is 15.1. The largest absolute Gasteiger partial charge is 0.508 e. The molecule has 10 atom stereocenters. The Morgan fingerprint density at radius 3 is 2.15 bits per heavy atom. The molecule has 10 rings (SSSR count). The highest BCUT2D eigenvalue weighted by molar-refractivity contribution is 6.11. The number of phenolic OH excluding ortho intramolecular Hbond substituents is 1. The van der Waals surface area contributed by atoms with Gasteiger partial charge in [0.15, 0.2) is 0 Å². The number of phenols is 1. The second-order valence-electron chi connectivity index (χ2n) is 19.4. The van der Waals surface area contributed by atoms with E-state index in [9.17, 15) is 33.9 Å². The van der Waals surface area contributed by atoms with Crippen LogP contribution >= 0.6 is 0 Å². The van der Waals surface area contributed by atoms with Crippen LogP contribution in [-0.4, -0.2) is 101 Å². The lowest BCUT2D eigenvalue weighted by Crippen LogP contribution is -2.61. The van der Waals surface area contributed by atoms with Crippen molar-refractivity contribution in [2.45, 2.75) is 80.4 Å². The Balaban J connectivity index is 0.921. The molecule has 5 aliphatic rings. The Morgan fingerprint density at radius 2 is 1.44 bits per heavy atom. The van der Waals surface area contributed by atoms with Crippen molar-refractivity contribution in [3.8, 4) is 11.5 Å². The number of para-hydroxylation sites is 1. The fourth-order valence-electron chi connectivity index (χ4n) is 12.0. The molecule has 4 N–H and O–H groups in total. The number of unbranched alkanes of at least 4 members (excludes halogenated alkanes) is 1. The first-order chi connectivity index (χ1) is 36.4. The van der Waals surface area contributed by atoms with Crippen molar-refractivity contribution in [1.82, 2.24) is 20.4 Å². The van der Waals surface area contributed by atoms with E-state index < -0.39 is 83.4 Å². The lowest BCUT2D eigenvalue weighted by molar-refractivity contribution is -0.180. The molecule has 17 heteroatoms. The summed E-state index contributed by atoms with van der Waals surface area (Å²) in [5, 5.41) is 18.7. The summed E-state index contributed by atoms with van der Waals surface area (Å²) in [4.78, 5) is 101. The minimum atomic E-state index is -1.71. The Bertz CT molecular complexity index is 2990. The van der Waals surface area contributed by atoms with Crippen molar-refractivity contribution in [3.63, 3.8) is 0 Å². The van der Waals surface area contributed by atoms with Crippen LogP contribution in [-0.2, 0) is 53.2 Å². The molecule has 4 saturated heterocycles. The highest BCUT2D eigenvalue weighted by Crippen LogP contribution is 2.65. The average Bonchev–Trinajstić information content (AvgIpc) is 4.11. The van der Waals surface area contributed by atoms with Gasteiger partial charge < -0.3 is 44.9 Å². The van der Waals surface area contributed by atoms with Crippen LogP contribution in [0.2, 0.25) is 0 Å². The summed E-state index contributed by atoms with van der Waals surface area (Å²) in [6.45, 7) is 5.18. The molecule has 0 aromatic heterocycles. The van der Waals surface area contributed by atoms with E-state index in [-0.39, 0.29) is 49.7 Å². The van der Waals surface area contributed by atoms with Crippen LogP contribution in [0.3, 0.4) is 0 Å². The number of nitrogens with one attached hydrogen (secondary N) is 3. The number of esters is 3. The minimum Gasteiger partial charge on any atom is -0.508 e. The van der Waals surface area contributed by atoms with Crippen LogP contribution in [0.25, 0.3) is 0 Å². The van der Waals surface area contributed by atoms with E-state index in [1.165, 1.54) is 30.0 Å². The van der Waals surface area contributed by atoms with Gasteiger partial charge in [0.1, 0.15) is 66.9 Å². The van der Waals surface area contributed by atoms with Crippen molar-refractivity contribution in [2.75, 3.05) is 31.7 Å². The fraction of sp³-hybridized carbons (Fsp3) is 0.328. The summed E-state index contributed by atoms with van der Waals surface area (Å²) in [5.74, 6) is -5.31. The standard InChI is InChI=1S/C58H57N5O12/c1-3-30-73-55(69)46-49-56(70)75-50(37-16-8-5-9-17-37)48(35-14-6-4-7-15-35)63(49)51(58(46)42-18-10-11-19-43(42)61-57(58)71)38-23-27-40(28-24-38)72-31-32-74-54(68)41-33-45-52(66)60-44(20-12-13-29-59-34(2)64)53(67)62(45)47(41)36-21-25-39(65)26-22-36/h3-11,14-19,21-28,41,44-51,65H,1,12-13,20,29-33H2,2H3,(H,59,64)(H,60,66)(H,61,71)/t41-,44+,45-,46-,47-,48-,49-,50+,51+,58-/m1/s1. The molecule has 5 heterocycles. The first kappa shape index (κ1) is 50.2. The third-order valence-corrected chi connectivity index (χ3v) is 15.1. The summed E-state index contributed by atoms with van der Waals surface area (Å²) in [7, 11) is 0. The first-order valence-electron chi connectivity index (χ1n) is 25.2. The van der Waals surface area contributed by atoms with Gasteiger partial charge in [-0.05, 0) is 83.8 Å². The molecule has 1 spiro atoms. The number of ether oxygens (including phenoxy) is 4. The van der Waals surface area contributed by atoms with Crippen LogP contribution in [0, 0.1) is 11.8 Å². The van der Waals surface area contributed by atoms with Crippen molar-refractivity contribution in [2.24, 2.45) is 11.8 Å². The molecule has 5 aliphatic heterocycles. The van der Waals surface area contributed by atoms with Crippen molar-refractivity contribution >= 4 is 47.2 Å². The molecule has 4 amide bonds. The molecular weight excluding hydrogens is 959 g/mol. The smallest absolute Gasteiger partial charge is 0.325 e. The van der Waals surface area contributed by atoms with Crippen molar-refractivity contribution in [1.29, 1.82) is 0 Å². The van der Waals surface area contributed by atoms with E-state index in [0.29, 0.717) is 53.9 Å². The third kappa shape index (κ3) is 9.25. The van der Waals surface area contributed by atoms with Crippen molar-refractivity contribution < 1.29 is 57.6 Å². The monoisotopic (exact) mass is 1020 g/mol. The zero-order valence-electron chi connectivity index (χ0n) is 41.2. The molecule has 17 nitrogen and oxygen atoms in total. The molecule has 386 valence electrons. The van der Waals surface area contributed by atoms with Gasteiger partial charge in [-0.2, -0.15) is 0 Å². The summed E-state index contributed by atoms with van der Waals surface area (Å²) in [5.41, 5.74) is 1.98. The number of hydrogen-bond acceptors (Lipinski definition) is 13. The van der Waals surface area contributed by atoms with Gasteiger partial charge in [0.2, 0.25) is 23.6 Å². The normalized spacial score (nSPS) is 26.5. The number of hydrogen-bond donors (Lipinski definition) is 4. The number of morpholine rings is 1. The van der Waals surface area contributed by atoms with E-state index in [4.69, 9.17) is 18.9 Å². The van der Waals surface area contributed by atoms with E-state index in [2.05, 4.69) is 22.5 Å². The lowest BCUT2D eigenvalue weighted by Gasteiger charge is -2.46.